The average molecular weight is 250 g/mol. The molecule has 1 N–H and O–H groups in total. The summed E-state index contributed by atoms with van der Waals surface area (Å²) < 4.78 is 5.01. The molecular formula is C11H14N4OS. The van der Waals surface area contributed by atoms with Gasteiger partial charge >= 0.3 is 0 Å². The fourth-order valence-corrected chi connectivity index (χ4v) is 2.17. The van der Waals surface area contributed by atoms with Crippen LogP contribution in [0.1, 0.15) is 24.4 Å². The maximum Gasteiger partial charge on any atom is 0.223 e. The van der Waals surface area contributed by atoms with Crippen LogP contribution >= 0.6 is 11.3 Å². The molecule has 0 amide bonds. The summed E-state index contributed by atoms with van der Waals surface area (Å²) in [5, 5.41) is 6.27. The lowest BCUT2D eigenvalue weighted by Crippen LogP contribution is -2.11. The minimum Gasteiger partial charge on any atom is -0.494 e. The van der Waals surface area contributed by atoms with Gasteiger partial charge in [-0.05, 0) is 6.42 Å². The van der Waals surface area contributed by atoms with E-state index in [1.165, 1.54) is 0 Å². The molecule has 0 aliphatic rings. The number of aromatic nitrogens is 3. The van der Waals surface area contributed by atoms with E-state index in [1.807, 2.05) is 5.38 Å². The molecule has 6 heteroatoms. The molecule has 2 heterocycles. The Balaban J connectivity index is 2.07. The van der Waals surface area contributed by atoms with Crippen LogP contribution in [0.4, 0.5) is 5.95 Å². The predicted molar refractivity (Wildman–Crippen MR) is 67.4 cm³/mol. The highest BCUT2D eigenvalue weighted by atomic mass is 32.1. The van der Waals surface area contributed by atoms with Gasteiger partial charge in [-0.15, -0.1) is 11.3 Å². The Labute approximate surface area is 104 Å². The summed E-state index contributed by atoms with van der Waals surface area (Å²) in [5.74, 6) is 1.24. The number of hydrogen-bond acceptors (Lipinski definition) is 6. The van der Waals surface area contributed by atoms with Crippen molar-refractivity contribution in [2.45, 2.75) is 19.4 Å². The van der Waals surface area contributed by atoms with Gasteiger partial charge in [0, 0.05) is 11.6 Å². The van der Waals surface area contributed by atoms with E-state index in [1.54, 1.807) is 37.0 Å². The lowest BCUT2D eigenvalue weighted by molar-refractivity contribution is 0.411. The van der Waals surface area contributed by atoms with E-state index in [2.05, 4.69) is 27.2 Å². The Morgan fingerprint density at radius 2 is 2.12 bits per heavy atom. The lowest BCUT2D eigenvalue weighted by atomic mass is 10.2. The number of thiazole rings is 1. The number of hydrogen-bond donors (Lipinski definition) is 1. The summed E-state index contributed by atoms with van der Waals surface area (Å²) in [6.45, 7) is 2.10. The quantitative estimate of drug-likeness (QED) is 0.883. The molecule has 0 saturated heterocycles. The normalized spacial score (nSPS) is 12.1. The minimum absolute atomic E-state index is 0.156. The van der Waals surface area contributed by atoms with Crippen molar-refractivity contribution in [1.82, 2.24) is 15.0 Å². The molecule has 0 bridgehead atoms. The van der Waals surface area contributed by atoms with Crippen molar-refractivity contribution in [3.8, 4) is 5.75 Å². The SMILES string of the molecule is CCC(Nc1ncc(OC)cn1)c1nccs1. The maximum absolute atomic E-state index is 5.01. The second kappa shape index (κ2) is 5.58. The topological polar surface area (TPSA) is 59.9 Å². The van der Waals surface area contributed by atoms with Crippen LogP contribution < -0.4 is 10.1 Å². The smallest absolute Gasteiger partial charge is 0.223 e. The van der Waals surface area contributed by atoms with Crippen molar-refractivity contribution in [2.24, 2.45) is 0 Å². The lowest BCUT2D eigenvalue weighted by Gasteiger charge is -2.14. The summed E-state index contributed by atoms with van der Waals surface area (Å²) in [7, 11) is 1.59. The van der Waals surface area contributed by atoms with Gasteiger partial charge in [-0.2, -0.15) is 0 Å². The van der Waals surface area contributed by atoms with Crippen LogP contribution in [0.3, 0.4) is 0 Å². The first-order valence-corrected chi connectivity index (χ1v) is 6.23. The third kappa shape index (κ3) is 2.91. The van der Waals surface area contributed by atoms with Crippen LogP contribution in [-0.2, 0) is 0 Å². The molecule has 0 aromatic carbocycles. The fourth-order valence-electron chi connectivity index (χ4n) is 1.40. The van der Waals surface area contributed by atoms with Gasteiger partial charge in [-0.3, -0.25) is 0 Å². The summed E-state index contributed by atoms with van der Waals surface area (Å²) in [4.78, 5) is 12.6. The van der Waals surface area contributed by atoms with Crippen LogP contribution in [-0.4, -0.2) is 22.1 Å². The molecule has 0 aliphatic carbocycles. The highest BCUT2D eigenvalue weighted by Crippen LogP contribution is 2.22. The van der Waals surface area contributed by atoms with E-state index in [-0.39, 0.29) is 6.04 Å². The standard InChI is InChI=1S/C11H14N4OS/c1-3-9(10-12-4-5-17-10)15-11-13-6-8(16-2)7-14-11/h4-7,9H,3H2,1-2H3,(H,13,14,15). The first kappa shape index (κ1) is 11.8. The number of rotatable bonds is 5. The zero-order chi connectivity index (χ0) is 12.1. The van der Waals surface area contributed by atoms with Gasteiger partial charge in [0.1, 0.15) is 5.01 Å². The number of nitrogens with one attached hydrogen (secondary N) is 1. The van der Waals surface area contributed by atoms with Crippen LogP contribution in [0, 0.1) is 0 Å². The van der Waals surface area contributed by atoms with Gasteiger partial charge in [0.2, 0.25) is 5.95 Å². The van der Waals surface area contributed by atoms with Gasteiger partial charge in [0.05, 0.1) is 25.5 Å². The molecular weight excluding hydrogens is 236 g/mol. The van der Waals surface area contributed by atoms with Gasteiger partial charge in [0.25, 0.3) is 0 Å². The zero-order valence-electron chi connectivity index (χ0n) is 9.75. The molecule has 2 aromatic heterocycles. The Kier molecular flexibility index (Phi) is 3.87. The first-order valence-electron chi connectivity index (χ1n) is 5.35. The molecule has 0 saturated carbocycles. The van der Waals surface area contributed by atoms with Crippen molar-refractivity contribution in [1.29, 1.82) is 0 Å². The molecule has 90 valence electrons. The number of anilines is 1. The molecule has 2 rings (SSSR count). The largest absolute Gasteiger partial charge is 0.494 e. The molecule has 1 atom stereocenters. The van der Waals surface area contributed by atoms with E-state index in [0.29, 0.717) is 11.7 Å². The third-order valence-corrected chi connectivity index (χ3v) is 3.21. The van der Waals surface area contributed by atoms with Crippen LogP contribution in [0.2, 0.25) is 0 Å². The number of methoxy groups -OCH3 is 1. The summed E-state index contributed by atoms with van der Waals surface area (Å²) in [5.41, 5.74) is 0. The monoisotopic (exact) mass is 250 g/mol. The van der Waals surface area contributed by atoms with Crippen molar-refractivity contribution < 1.29 is 4.74 Å². The summed E-state index contributed by atoms with van der Waals surface area (Å²) >= 11 is 1.63. The summed E-state index contributed by atoms with van der Waals surface area (Å²) in [6, 6.07) is 0.156. The Bertz CT molecular complexity index is 443. The first-order chi connectivity index (χ1) is 8.33. The Morgan fingerprint density at radius 3 is 2.65 bits per heavy atom. The van der Waals surface area contributed by atoms with Gasteiger partial charge in [-0.1, -0.05) is 6.92 Å². The van der Waals surface area contributed by atoms with E-state index in [0.717, 1.165) is 11.4 Å². The average Bonchev–Trinajstić information content (AvgIpc) is 2.90. The van der Waals surface area contributed by atoms with Crippen molar-refractivity contribution in [3.63, 3.8) is 0 Å². The van der Waals surface area contributed by atoms with Gasteiger partial charge in [0.15, 0.2) is 5.75 Å². The molecule has 0 fully saturated rings. The molecule has 2 aromatic rings. The second-order valence-electron chi connectivity index (χ2n) is 3.42. The number of nitrogens with zero attached hydrogens (tertiary/aromatic N) is 3. The van der Waals surface area contributed by atoms with Crippen LogP contribution in [0.15, 0.2) is 24.0 Å². The fraction of sp³-hybridized carbons (Fsp3) is 0.364. The molecule has 1 unspecified atom stereocenters. The van der Waals surface area contributed by atoms with E-state index in [9.17, 15) is 0 Å². The Hall–Kier alpha value is -1.69. The molecule has 5 nitrogen and oxygen atoms in total. The maximum atomic E-state index is 5.01. The zero-order valence-corrected chi connectivity index (χ0v) is 10.6. The molecule has 0 radical (unpaired) electrons. The highest BCUT2D eigenvalue weighted by Gasteiger charge is 2.12. The molecule has 17 heavy (non-hydrogen) atoms. The van der Waals surface area contributed by atoms with Crippen molar-refractivity contribution >= 4 is 17.3 Å². The molecule has 0 aliphatic heterocycles. The van der Waals surface area contributed by atoms with Crippen molar-refractivity contribution in [2.75, 3.05) is 12.4 Å². The Morgan fingerprint density at radius 1 is 1.35 bits per heavy atom. The van der Waals surface area contributed by atoms with Gasteiger partial charge in [-0.25, -0.2) is 15.0 Å². The van der Waals surface area contributed by atoms with Gasteiger partial charge < -0.3 is 10.1 Å². The van der Waals surface area contributed by atoms with E-state index in [4.69, 9.17) is 4.74 Å². The highest BCUT2D eigenvalue weighted by molar-refractivity contribution is 7.09. The third-order valence-electron chi connectivity index (χ3n) is 2.32. The summed E-state index contributed by atoms with van der Waals surface area (Å²) in [6.07, 6.45) is 6.02. The van der Waals surface area contributed by atoms with Crippen molar-refractivity contribution in [3.05, 3.63) is 29.0 Å². The van der Waals surface area contributed by atoms with Crippen LogP contribution in [0.25, 0.3) is 0 Å². The number of ether oxygens (including phenoxy) is 1. The second-order valence-corrected chi connectivity index (χ2v) is 4.35. The molecule has 0 spiro atoms. The van der Waals surface area contributed by atoms with E-state index >= 15 is 0 Å². The van der Waals surface area contributed by atoms with E-state index < -0.39 is 0 Å². The van der Waals surface area contributed by atoms with Crippen LogP contribution in [0.5, 0.6) is 5.75 Å². The predicted octanol–water partition coefficient (Wildman–Crippen LogP) is 2.50. The minimum atomic E-state index is 0.156.